The lowest BCUT2D eigenvalue weighted by molar-refractivity contribution is 0.102. The first kappa shape index (κ1) is 11.8. The van der Waals surface area contributed by atoms with E-state index >= 15 is 0 Å². The van der Waals surface area contributed by atoms with Crippen LogP contribution in [0.1, 0.15) is 40.5 Å². The maximum Gasteiger partial charge on any atom is 0.276 e. The monoisotopic (exact) mass is 257 g/mol. The molecule has 1 aromatic carbocycles. The summed E-state index contributed by atoms with van der Waals surface area (Å²) in [5, 5.41) is 19.3. The predicted octanol–water partition coefficient (Wildman–Crippen LogP) is 2.55. The van der Waals surface area contributed by atoms with E-state index in [1.807, 2.05) is 13.0 Å². The molecule has 3 rings (SSSR count). The van der Waals surface area contributed by atoms with Crippen LogP contribution in [0.3, 0.4) is 0 Å². The van der Waals surface area contributed by atoms with E-state index < -0.39 is 0 Å². The minimum atomic E-state index is -0.317. The van der Waals surface area contributed by atoms with Crippen LogP contribution in [0, 0.1) is 6.92 Å². The Morgan fingerprint density at radius 3 is 2.89 bits per heavy atom. The number of aromatic amines is 1. The number of hydrogen-bond donors (Lipinski definition) is 3. The lowest BCUT2D eigenvalue weighted by Crippen LogP contribution is -2.12. The Morgan fingerprint density at radius 1 is 1.42 bits per heavy atom. The highest BCUT2D eigenvalue weighted by Gasteiger charge is 2.26. The molecule has 1 amide bonds. The molecule has 1 aliphatic rings. The molecule has 1 saturated carbocycles. The number of aryl methyl sites for hydroxylation is 1. The maximum absolute atomic E-state index is 12.0. The van der Waals surface area contributed by atoms with E-state index in [1.54, 1.807) is 18.2 Å². The van der Waals surface area contributed by atoms with E-state index in [9.17, 15) is 9.90 Å². The number of phenolic OH excluding ortho intramolecular Hbond substituents is 1. The third kappa shape index (κ3) is 2.45. The van der Waals surface area contributed by atoms with Gasteiger partial charge in [-0.05, 0) is 43.5 Å². The molecule has 0 bridgehead atoms. The highest BCUT2D eigenvalue weighted by atomic mass is 16.3. The van der Waals surface area contributed by atoms with Gasteiger partial charge >= 0.3 is 0 Å². The summed E-state index contributed by atoms with van der Waals surface area (Å²) >= 11 is 0. The van der Waals surface area contributed by atoms with E-state index in [4.69, 9.17) is 0 Å². The second kappa shape index (κ2) is 4.42. The molecule has 0 saturated heterocycles. The third-order valence-electron chi connectivity index (χ3n) is 3.25. The molecule has 2 aromatic rings. The first-order valence-corrected chi connectivity index (χ1v) is 6.30. The Bertz CT molecular complexity index is 629. The van der Waals surface area contributed by atoms with Gasteiger partial charge in [-0.1, -0.05) is 6.07 Å². The first-order chi connectivity index (χ1) is 9.13. The van der Waals surface area contributed by atoms with Crippen LogP contribution in [0.5, 0.6) is 5.75 Å². The molecule has 98 valence electrons. The van der Waals surface area contributed by atoms with E-state index in [0.29, 0.717) is 17.3 Å². The summed E-state index contributed by atoms with van der Waals surface area (Å²) < 4.78 is 0. The number of aromatic nitrogens is 2. The van der Waals surface area contributed by atoms with Crippen molar-refractivity contribution in [1.82, 2.24) is 10.2 Å². The summed E-state index contributed by atoms with van der Waals surface area (Å²) in [4.78, 5) is 12.0. The fourth-order valence-electron chi connectivity index (χ4n) is 1.99. The van der Waals surface area contributed by atoms with E-state index in [2.05, 4.69) is 15.5 Å². The summed E-state index contributed by atoms with van der Waals surface area (Å²) in [6.07, 6.45) is 2.31. The molecular formula is C14H15N3O2. The summed E-state index contributed by atoms with van der Waals surface area (Å²) in [6, 6.07) is 6.89. The van der Waals surface area contributed by atoms with Crippen molar-refractivity contribution in [2.45, 2.75) is 25.7 Å². The van der Waals surface area contributed by atoms with E-state index in [-0.39, 0.29) is 11.7 Å². The van der Waals surface area contributed by atoms with Crippen molar-refractivity contribution in [1.29, 1.82) is 0 Å². The van der Waals surface area contributed by atoms with Crippen molar-refractivity contribution < 1.29 is 9.90 Å². The standard InChI is InChI=1S/C14H15N3O2/c1-8-2-5-10(13(18)6-8)15-14(19)12-7-11(16-17-12)9-3-4-9/h2,5-7,9,18H,3-4H2,1H3,(H,15,19)(H,16,17). The lowest BCUT2D eigenvalue weighted by atomic mass is 10.2. The van der Waals surface area contributed by atoms with Gasteiger partial charge in [-0.25, -0.2) is 0 Å². The third-order valence-corrected chi connectivity index (χ3v) is 3.25. The number of rotatable bonds is 3. The molecule has 3 N–H and O–H groups in total. The Balaban J connectivity index is 1.76. The average molecular weight is 257 g/mol. The zero-order valence-corrected chi connectivity index (χ0v) is 10.6. The smallest absolute Gasteiger partial charge is 0.276 e. The number of H-pyrrole nitrogens is 1. The topological polar surface area (TPSA) is 78.0 Å². The number of carbonyl (C=O) groups excluding carboxylic acids is 1. The number of aromatic hydroxyl groups is 1. The Labute approximate surface area is 110 Å². The molecule has 0 atom stereocenters. The second-order valence-electron chi connectivity index (χ2n) is 4.96. The molecule has 1 aliphatic carbocycles. The quantitative estimate of drug-likeness (QED) is 0.739. The molecule has 0 aliphatic heterocycles. The molecule has 1 heterocycles. The Kier molecular flexibility index (Phi) is 2.74. The fourth-order valence-corrected chi connectivity index (χ4v) is 1.99. The highest BCUT2D eigenvalue weighted by molar-refractivity contribution is 6.03. The maximum atomic E-state index is 12.0. The van der Waals surface area contributed by atoms with Crippen LogP contribution in [-0.2, 0) is 0 Å². The zero-order chi connectivity index (χ0) is 13.4. The number of phenols is 1. The SMILES string of the molecule is Cc1ccc(NC(=O)c2cc(C3CC3)[nH]n2)c(O)c1. The van der Waals surface area contributed by atoms with E-state index in [0.717, 1.165) is 24.1 Å². The van der Waals surface area contributed by atoms with Crippen LogP contribution in [0.2, 0.25) is 0 Å². The number of nitrogens with zero attached hydrogens (tertiary/aromatic N) is 1. The van der Waals surface area contributed by atoms with Crippen LogP contribution in [0.4, 0.5) is 5.69 Å². The Morgan fingerprint density at radius 2 is 2.21 bits per heavy atom. The number of anilines is 1. The predicted molar refractivity (Wildman–Crippen MR) is 71.4 cm³/mol. The van der Waals surface area contributed by atoms with Gasteiger partial charge in [0.15, 0.2) is 5.69 Å². The van der Waals surface area contributed by atoms with Gasteiger partial charge in [0.2, 0.25) is 0 Å². The zero-order valence-electron chi connectivity index (χ0n) is 10.6. The molecule has 1 fully saturated rings. The number of hydrogen-bond acceptors (Lipinski definition) is 3. The number of amides is 1. The first-order valence-electron chi connectivity index (χ1n) is 6.30. The van der Waals surface area contributed by atoms with Gasteiger partial charge in [-0.15, -0.1) is 0 Å². The van der Waals surface area contributed by atoms with Gasteiger partial charge in [0, 0.05) is 11.6 Å². The summed E-state index contributed by atoms with van der Waals surface area (Å²) in [6.45, 7) is 1.88. The van der Waals surface area contributed by atoms with Gasteiger partial charge in [-0.2, -0.15) is 5.10 Å². The number of benzene rings is 1. The molecule has 0 spiro atoms. The van der Waals surface area contributed by atoms with Crippen molar-refractivity contribution in [3.05, 3.63) is 41.2 Å². The van der Waals surface area contributed by atoms with Gasteiger partial charge in [0.1, 0.15) is 5.75 Å². The van der Waals surface area contributed by atoms with Gasteiger partial charge in [0.05, 0.1) is 5.69 Å². The van der Waals surface area contributed by atoms with Gasteiger partial charge < -0.3 is 10.4 Å². The Hall–Kier alpha value is -2.30. The number of carbonyl (C=O) groups is 1. The van der Waals surface area contributed by atoms with Crippen LogP contribution in [-0.4, -0.2) is 21.2 Å². The van der Waals surface area contributed by atoms with Crippen molar-refractivity contribution >= 4 is 11.6 Å². The molecule has 19 heavy (non-hydrogen) atoms. The van der Waals surface area contributed by atoms with Gasteiger partial charge in [0.25, 0.3) is 5.91 Å². The molecule has 1 aromatic heterocycles. The van der Waals surface area contributed by atoms with E-state index in [1.165, 1.54) is 0 Å². The molecular weight excluding hydrogens is 242 g/mol. The van der Waals surface area contributed by atoms with Crippen molar-refractivity contribution in [3.8, 4) is 5.75 Å². The largest absolute Gasteiger partial charge is 0.506 e. The van der Waals surface area contributed by atoms with Crippen LogP contribution in [0.15, 0.2) is 24.3 Å². The number of nitrogens with one attached hydrogen (secondary N) is 2. The minimum Gasteiger partial charge on any atom is -0.506 e. The van der Waals surface area contributed by atoms with Gasteiger partial charge in [-0.3, -0.25) is 9.89 Å². The minimum absolute atomic E-state index is 0.0614. The lowest BCUT2D eigenvalue weighted by Gasteiger charge is -2.06. The molecule has 0 radical (unpaired) electrons. The summed E-state index contributed by atoms with van der Waals surface area (Å²) in [7, 11) is 0. The van der Waals surface area contributed by atoms with Crippen molar-refractivity contribution in [2.75, 3.05) is 5.32 Å². The normalized spacial score (nSPS) is 14.4. The summed E-state index contributed by atoms with van der Waals surface area (Å²) in [5.74, 6) is 0.274. The van der Waals surface area contributed by atoms with Crippen molar-refractivity contribution in [2.24, 2.45) is 0 Å². The molecule has 5 nitrogen and oxygen atoms in total. The van der Waals surface area contributed by atoms with Crippen molar-refractivity contribution in [3.63, 3.8) is 0 Å². The van der Waals surface area contributed by atoms with Crippen LogP contribution >= 0.6 is 0 Å². The fraction of sp³-hybridized carbons (Fsp3) is 0.286. The summed E-state index contributed by atoms with van der Waals surface area (Å²) in [5.41, 5.74) is 2.69. The molecule has 5 heteroatoms. The average Bonchev–Trinajstić information content (AvgIpc) is 3.10. The van der Waals surface area contributed by atoms with Crippen LogP contribution in [0.25, 0.3) is 0 Å². The van der Waals surface area contributed by atoms with Crippen LogP contribution < -0.4 is 5.32 Å². The highest BCUT2D eigenvalue weighted by Crippen LogP contribution is 2.39. The second-order valence-corrected chi connectivity index (χ2v) is 4.96. The molecule has 0 unspecified atom stereocenters.